The predicted molar refractivity (Wildman–Crippen MR) is 142 cm³/mol. The van der Waals surface area contributed by atoms with Crippen molar-refractivity contribution in [3.8, 4) is 0 Å². The number of carboxylic acid groups (broad SMARTS) is 1. The third-order valence-corrected chi connectivity index (χ3v) is 9.99. The van der Waals surface area contributed by atoms with Crippen LogP contribution in [0.3, 0.4) is 0 Å². The minimum Gasteiger partial charge on any atom is -0.870 e. The number of carbonyl (C=O) groups is 2. The van der Waals surface area contributed by atoms with Gasteiger partial charge in [0.05, 0.1) is 37.1 Å². The number of carbonyl (C=O) groups excluding carboxylic acids is 1. The summed E-state index contributed by atoms with van der Waals surface area (Å²) < 4.78 is 0. The molecule has 38 heavy (non-hydrogen) atoms. The van der Waals surface area contributed by atoms with Gasteiger partial charge in [-0.25, -0.2) is 4.79 Å². The van der Waals surface area contributed by atoms with Crippen LogP contribution in [0.1, 0.15) is 41.3 Å². The van der Waals surface area contributed by atoms with Crippen LogP contribution in [0.4, 0.5) is 0 Å². The fourth-order valence-electron chi connectivity index (χ4n) is 4.86. The fourth-order valence-corrected chi connectivity index (χ4v) is 7.20. The van der Waals surface area contributed by atoms with E-state index < -0.39 is 15.7 Å². The van der Waals surface area contributed by atoms with E-state index in [1.807, 2.05) is 6.92 Å². The quantitative estimate of drug-likeness (QED) is 0.387. The molecule has 4 unspecified atom stereocenters. The van der Waals surface area contributed by atoms with Crippen LogP contribution in [0.15, 0.2) is 26.4 Å². The number of aromatic carboxylic acids is 1. The maximum atomic E-state index is 12.4. The summed E-state index contributed by atoms with van der Waals surface area (Å²) in [5.41, 5.74) is 2.61. The molecule has 2 aliphatic heterocycles. The normalized spacial score (nSPS) is 28.6. The Labute approximate surface area is 270 Å². The van der Waals surface area contributed by atoms with Crippen LogP contribution < -0.4 is 29.6 Å². The van der Waals surface area contributed by atoms with Crippen molar-refractivity contribution in [2.75, 3.05) is 13.2 Å². The number of oxime groups is 2. The summed E-state index contributed by atoms with van der Waals surface area (Å²) in [4.78, 5) is 30.7. The standard InChI is InChI=1S/C11H9Cl4NO2.C11H9Cl2NO3.Na.2H2O/c1-4-6(5-2-3-18-16-5)11(15)8(13)7(12)10(4,14)9(11)17;1-5-6(11(15)16)4-7(12)10(13)9(5)8-2-3-17-14-8;;;/h4,6H,2-3H2,1H3;4H,2-3H2,1H3,(H,15,16);;2*1H2/q;;+1;;/p-1. The molecule has 1 aromatic carbocycles. The van der Waals surface area contributed by atoms with Gasteiger partial charge in [-0.1, -0.05) is 63.6 Å². The smallest absolute Gasteiger partial charge is 0.870 e. The second-order valence-electron chi connectivity index (χ2n) is 8.46. The molecule has 204 valence electrons. The Hall–Kier alpha value is -0.300. The van der Waals surface area contributed by atoms with Crippen molar-refractivity contribution in [3.63, 3.8) is 0 Å². The molecule has 1 fully saturated rings. The van der Waals surface area contributed by atoms with Gasteiger partial charge in [-0.2, -0.15) is 0 Å². The molecule has 1 aromatic rings. The number of allylic oxidation sites excluding steroid dienone is 2. The number of benzene rings is 1. The number of ketones is 1. The van der Waals surface area contributed by atoms with E-state index in [9.17, 15) is 9.59 Å². The molecule has 0 saturated heterocycles. The third kappa shape index (κ3) is 5.34. The van der Waals surface area contributed by atoms with E-state index in [1.165, 1.54) is 6.07 Å². The van der Waals surface area contributed by atoms with E-state index in [4.69, 9.17) is 84.4 Å². The molecule has 16 heteroatoms. The van der Waals surface area contributed by atoms with Crippen molar-refractivity contribution in [2.45, 2.75) is 36.4 Å². The number of fused-ring (bicyclic) bond motifs is 2. The molecule has 0 radical (unpaired) electrons. The summed E-state index contributed by atoms with van der Waals surface area (Å²) in [5, 5.41) is 17.7. The summed E-state index contributed by atoms with van der Waals surface area (Å²) in [7, 11) is 0. The minimum atomic E-state index is -1.38. The van der Waals surface area contributed by atoms with Gasteiger partial charge in [0, 0.05) is 24.3 Å². The molecule has 2 bridgehead atoms. The molecular weight excluding hydrogens is 640 g/mol. The number of halogens is 6. The first-order valence-corrected chi connectivity index (χ1v) is 12.7. The fraction of sp³-hybridized carbons (Fsp3) is 0.455. The van der Waals surface area contributed by atoms with E-state index in [1.54, 1.807) is 6.92 Å². The zero-order chi connectivity index (χ0) is 25.9. The molecule has 4 atom stereocenters. The number of hydrogen-bond donors (Lipinski definition) is 1. The van der Waals surface area contributed by atoms with E-state index in [0.717, 1.165) is 5.71 Å². The average Bonchev–Trinajstić information content (AvgIpc) is 3.58. The number of alkyl halides is 2. The third-order valence-electron chi connectivity index (χ3n) is 6.64. The number of nitrogens with zero attached hydrogens (tertiary/aromatic N) is 2. The Morgan fingerprint density at radius 2 is 1.61 bits per heavy atom. The molecular formula is C22H21Cl6N2NaO7. The molecule has 0 spiro atoms. The summed E-state index contributed by atoms with van der Waals surface area (Å²) in [6, 6.07) is 1.35. The van der Waals surface area contributed by atoms with Crippen molar-refractivity contribution in [2.24, 2.45) is 22.1 Å². The SMILES string of the molecule is CC1C(C2=NOCC2)C2(Cl)C(=O)C1(Cl)C(Cl)=C2Cl.Cc1c(C(=O)O)cc(Cl)c(Cl)c1C1=NOCC1.O.[Na+].[OH-]. The second kappa shape index (κ2) is 13.1. The van der Waals surface area contributed by atoms with Crippen LogP contribution in [-0.4, -0.2) is 62.2 Å². The first-order chi connectivity index (χ1) is 16.4. The first kappa shape index (κ1) is 35.7. The number of carboxylic acids is 1. The first-order valence-electron chi connectivity index (χ1n) is 10.5. The molecule has 2 heterocycles. The zero-order valence-electron chi connectivity index (χ0n) is 20.3. The average molecular weight is 661 g/mol. The largest absolute Gasteiger partial charge is 1.00 e. The Bertz CT molecular complexity index is 1240. The van der Waals surface area contributed by atoms with Crippen LogP contribution in [0.2, 0.25) is 10.0 Å². The monoisotopic (exact) mass is 658 g/mol. The van der Waals surface area contributed by atoms with Gasteiger partial charge in [-0.15, -0.1) is 23.2 Å². The molecule has 4 N–H and O–H groups in total. The summed E-state index contributed by atoms with van der Waals surface area (Å²) in [6.45, 7) is 4.48. The molecule has 0 aromatic heterocycles. The molecule has 0 amide bonds. The second-order valence-corrected chi connectivity index (χ2v) is 11.2. The molecule has 5 rings (SSSR count). The Balaban J connectivity index is 0.000000353. The van der Waals surface area contributed by atoms with Crippen LogP contribution in [0.25, 0.3) is 0 Å². The Kier molecular flexibility index (Phi) is 12.3. The van der Waals surface area contributed by atoms with Gasteiger partial charge in [0.15, 0.2) is 5.78 Å². The van der Waals surface area contributed by atoms with Crippen LogP contribution in [0, 0.1) is 18.8 Å². The van der Waals surface area contributed by atoms with Crippen LogP contribution in [0.5, 0.6) is 0 Å². The summed E-state index contributed by atoms with van der Waals surface area (Å²) >= 11 is 37.1. The number of Topliss-reactive ketones (excluding diaryl/α,β-unsaturated/α-hetero) is 1. The van der Waals surface area contributed by atoms with Gasteiger partial charge < -0.3 is 25.7 Å². The van der Waals surface area contributed by atoms with Crippen LogP contribution in [-0.2, 0) is 14.5 Å². The van der Waals surface area contributed by atoms with E-state index in [0.29, 0.717) is 47.9 Å². The van der Waals surface area contributed by atoms with E-state index in [2.05, 4.69) is 10.3 Å². The van der Waals surface area contributed by atoms with E-state index in [-0.39, 0.29) is 78.8 Å². The molecule has 9 nitrogen and oxygen atoms in total. The maximum absolute atomic E-state index is 12.4. The van der Waals surface area contributed by atoms with Gasteiger partial charge >= 0.3 is 35.5 Å². The van der Waals surface area contributed by atoms with Crippen molar-refractivity contribution < 1.29 is 64.9 Å². The Morgan fingerprint density at radius 3 is 2.08 bits per heavy atom. The van der Waals surface area contributed by atoms with Gasteiger partial charge in [-0.05, 0) is 24.5 Å². The molecule has 4 aliphatic rings. The topological polar surface area (TPSA) is 159 Å². The minimum absolute atomic E-state index is 0. The Morgan fingerprint density at radius 1 is 1.05 bits per heavy atom. The van der Waals surface area contributed by atoms with Gasteiger partial charge in [0.25, 0.3) is 0 Å². The van der Waals surface area contributed by atoms with Crippen molar-refractivity contribution >= 4 is 92.8 Å². The van der Waals surface area contributed by atoms with Crippen molar-refractivity contribution in [1.82, 2.24) is 0 Å². The molecule has 1 saturated carbocycles. The van der Waals surface area contributed by atoms with Gasteiger partial charge in [-0.3, -0.25) is 4.79 Å². The number of rotatable bonds is 3. The number of hydrogen-bond acceptors (Lipinski definition) is 7. The predicted octanol–water partition coefficient (Wildman–Crippen LogP) is 2.38. The van der Waals surface area contributed by atoms with Gasteiger partial charge in [0.2, 0.25) is 0 Å². The molecule has 2 aliphatic carbocycles. The van der Waals surface area contributed by atoms with Gasteiger partial charge in [0.1, 0.15) is 23.0 Å². The van der Waals surface area contributed by atoms with Crippen molar-refractivity contribution in [1.29, 1.82) is 0 Å². The van der Waals surface area contributed by atoms with Crippen molar-refractivity contribution in [3.05, 3.63) is 42.9 Å². The zero-order valence-corrected chi connectivity index (χ0v) is 26.8. The summed E-state index contributed by atoms with van der Waals surface area (Å²) in [6.07, 6.45) is 1.23. The summed E-state index contributed by atoms with van der Waals surface area (Å²) in [5.74, 6) is -2.01. The van der Waals surface area contributed by atoms with E-state index >= 15 is 0 Å². The van der Waals surface area contributed by atoms with Crippen LogP contribution >= 0.6 is 69.6 Å². The maximum Gasteiger partial charge on any atom is 1.00 e.